The van der Waals surface area contributed by atoms with Crippen molar-refractivity contribution >= 4 is 15.9 Å². The molecule has 0 spiro atoms. The van der Waals surface area contributed by atoms with E-state index in [9.17, 15) is 5.11 Å². The van der Waals surface area contributed by atoms with Crippen LogP contribution < -0.4 is 4.74 Å². The maximum atomic E-state index is 9.49. The van der Waals surface area contributed by atoms with Gasteiger partial charge < -0.3 is 14.7 Å². The molecule has 1 aliphatic rings. The lowest BCUT2D eigenvalue weighted by molar-refractivity contribution is 0.120. The lowest BCUT2D eigenvalue weighted by Crippen LogP contribution is -2.27. The summed E-state index contributed by atoms with van der Waals surface area (Å²) in [5, 5.41) is 9.49. The molecule has 0 aromatic heterocycles. The molecule has 1 fully saturated rings. The molecular formula is C14H20BrNO2. The van der Waals surface area contributed by atoms with Crippen LogP contribution in [0.3, 0.4) is 0 Å². The van der Waals surface area contributed by atoms with Gasteiger partial charge in [-0.05, 0) is 50.2 Å². The first-order valence-electron chi connectivity index (χ1n) is 6.37. The highest BCUT2D eigenvalue weighted by Gasteiger charge is 2.27. The first-order chi connectivity index (χ1) is 8.69. The first-order valence-corrected chi connectivity index (χ1v) is 7.16. The van der Waals surface area contributed by atoms with E-state index in [1.54, 1.807) is 0 Å². The van der Waals surface area contributed by atoms with E-state index in [1.807, 2.05) is 24.3 Å². The van der Waals surface area contributed by atoms with Crippen LogP contribution >= 0.6 is 15.9 Å². The van der Waals surface area contributed by atoms with Gasteiger partial charge in [-0.1, -0.05) is 15.9 Å². The molecule has 1 N–H and O–H groups in total. The van der Waals surface area contributed by atoms with Crippen molar-refractivity contribution in [2.75, 3.05) is 33.4 Å². The summed E-state index contributed by atoms with van der Waals surface area (Å²) in [5.41, 5.74) is 0. The Balaban J connectivity index is 1.85. The van der Waals surface area contributed by atoms with E-state index in [0.29, 0.717) is 12.5 Å². The highest BCUT2D eigenvalue weighted by molar-refractivity contribution is 9.10. The fraction of sp³-hybridized carbons (Fsp3) is 0.571. The van der Waals surface area contributed by atoms with Crippen LogP contribution in [0, 0.1) is 11.8 Å². The number of hydrogen-bond donors (Lipinski definition) is 1. The zero-order valence-electron chi connectivity index (χ0n) is 10.7. The predicted molar refractivity (Wildman–Crippen MR) is 75.8 cm³/mol. The fourth-order valence-corrected chi connectivity index (χ4v) is 2.69. The van der Waals surface area contributed by atoms with Gasteiger partial charge in [0, 0.05) is 23.5 Å². The maximum absolute atomic E-state index is 9.49. The molecule has 1 aliphatic heterocycles. The normalized spacial score (nSPS) is 22.1. The van der Waals surface area contributed by atoms with Gasteiger partial charge in [0.05, 0.1) is 6.61 Å². The van der Waals surface area contributed by atoms with Crippen molar-refractivity contribution in [2.45, 2.75) is 6.42 Å². The summed E-state index contributed by atoms with van der Waals surface area (Å²) in [6.45, 7) is 2.99. The van der Waals surface area contributed by atoms with Crippen LogP contribution in [0.15, 0.2) is 28.7 Å². The summed E-state index contributed by atoms with van der Waals surface area (Å²) in [7, 11) is 2.13. The van der Waals surface area contributed by atoms with Crippen LogP contribution in [0.1, 0.15) is 6.42 Å². The molecule has 18 heavy (non-hydrogen) atoms. The zero-order valence-corrected chi connectivity index (χ0v) is 12.3. The molecule has 0 bridgehead atoms. The third-order valence-electron chi connectivity index (χ3n) is 3.61. The van der Waals surface area contributed by atoms with Crippen molar-refractivity contribution in [3.63, 3.8) is 0 Å². The van der Waals surface area contributed by atoms with Gasteiger partial charge in [0.2, 0.25) is 0 Å². The van der Waals surface area contributed by atoms with Gasteiger partial charge in [0.1, 0.15) is 5.75 Å². The van der Waals surface area contributed by atoms with Gasteiger partial charge in [-0.15, -0.1) is 0 Å². The number of ether oxygens (including phenoxy) is 1. The maximum Gasteiger partial charge on any atom is 0.119 e. The summed E-state index contributed by atoms with van der Waals surface area (Å²) in [6.07, 6.45) is 1.16. The molecule has 1 aromatic carbocycles. The van der Waals surface area contributed by atoms with Crippen molar-refractivity contribution in [3.05, 3.63) is 28.7 Å². The van der Waals surface area contributed by atoms with Crippen LogP contribution in [-0.4, -0.2) is 43.4 Å². The summed E-state index contributed by atoms with van der Waals surface area (Å²) in [6, 6.07) is 7.82. The summed E-state index contributed by atoms with van der Waals surface area (Å²) in [4.78, 5) is 2.31. The van der Waals surface area contributed by atoms with E-state index in [2.05, 4.69) is 27.9 Å². The fourth-order valence-electron chi connectivity index (χ4n) is 2.43. The third-order valence-corrected chi connectivity index (χ3v) is 4.14. The van der Waals surface area contributed by atoms with Crippen molar-refractivity contribution < 1.29 is 9.84 Å². The SMILES string of the molecule is CN1CCC(C(CO)COc2ccc(Br)cc2)C1. The minimum absolute atomic E-state index is 0.203. The lowest BCUT2D eigenvalue weighted by atomic mass is 9.93. The third kappa shape index (κ3) is 3.70. The van der Waals surface area contributed by atoms with Gasteiger partial charge in [0.25, 0.3) is 0 Å². The number of aliphatic hydroxyl groups excluding tert-OH is 1. The first kappa shape index (κ1) is 13.8. The van der Waals surface area contributed by atoms with E-state index in [1.165, 1.54) is 0 Å². The molecule has 3 nitrogen and oxygen atoms in total. The van der Waals surface area contributed by atoms with Crippen LogP contribution in [0.5, 0.6) is 5.75 Å². The minimum Gasteiger partial charge on any atom is -0.493 e. The molecule has 2 unspecified atom stereocenters. The Labute approximate surface area is 117 Å². The van der Waals surface area contributed by atoms with Crippen molar-refractivity contribution in [1.29, 1.82) is 0 Å². The number of likely N-dealkylation sites (tertiary alicyclic amines) is 1. The molecule has 0 radical (unpaired) electrons. The molecule has 1 saturated heterocycles. The molecule has 0 saturated carbocycles. The summed E-state index contributed by atoms with van der Waals surface area (Å²) < 4.78 is 6.81. The number of nitrogens with zero attached hydrogens (tertiary/aromatic N) is 1. The smallest absolute Gasteiger partial charge is 0.119 e. The number of rotatable bonds is 5. The molecule has 2 rings (SSSR count). The van der Waals surface area contributed by atoms with Crippen molar-refractivity contribution in [2.24, 2.45) is 11.8 Å². The molecule has 1 heterocycles. The summed E-state index contributed by atoms with van der Waals surface area (Å²) >= 11 is 3.40. The van der Waals surface area contributed by atoms with E-state index in [-0.39, 0.29) is 12.5 Å². The van der Waals surface area contributed by atoms with E-state index in [0.717, 1.165) is 29.7 Å². The number of halogens is 1. The molecular weight excluding hydrogens is 294 g/mol. The van der Waals surface area contributed by atoms with Gasteiger partial charge in [-0.3, -0.25) is 0 Å². The molecule has 0 aliphatic carbocycles. The van der Waals surface area contributed by atoms with Crippen LogP contribution in [0.25, 0.3) is 0 Å². The Hall–Kier alpha value is -0.580. The van der Waals surface area contributed by atoms with E-state index in [4.69, 9.17) is 4.74 Å². The van der Waals surface area contributed by atoms with Gasteiger partial charge in [0.15, 0.2) is 0 Å². The lowest BCUT2D eigenvalue weighted by Gasteiger charge is -2.21. The monoisotopic (exact) mass is 313 g/mol. The second kappa shape index (κ2) is 6.55. The highest BCUT2D eigenvalue weighted by atomic mass is 79.9. The minimum atomic E-state index is 0.203. The number of aliphatic hydroxyl groups is 1. The Bertz CT molecular complexity index is 369. The van der Waals surface area contributed by atoms with Gasteiger partial charge in [-0.2, -0.15) is 0 Å². The van der Waals surface area contributed by atoms with Crippen LogP contribution in [-0.2, 0) is 0 Å². The van der Waals surface area contributed by atoms with Crippen molar-refractivity contribution in [3.8, 4) is 5.75 Å². The quantitative estimate of drug-likeness (QED) is 0.906. The molecule has 1 aromatic rings. The van der Waals surface area contributed by atoms with Crippen LogP contribution in [0.2, 0.25) is 0 Å². The highest BCUT2D eigenvalue weighted by Crippen LogP contribution is 2.24. The molecule has 0 amide bonds. The second-order valence-corrected chi connectivity index (χ2v) is 5.93. The molecule has 4 heteroatoms. The Morgan fingerprint density at radius 1 is 1.44 bits per heavy atom. The Morgan fingerprint density at radius 2 is 2.17 bits per heavy atom. The molecule has 100 valence electrons. The van der Waals surface area contributed by atoms with Gasteiger partial charge in [-0.25, -0.2) is 0 Å². The van der Waals surface area contributed by atoms with Crippen molar-refractivity contribution in [1.82, 2.24) is 4.90 Å². The average molecular weight is 314 g/mol. The summed E-state index contributed by atoms with van der Waals surface area (Å²) in [5.74, 6) is 1.65. The average Bonchev–Trinajstić information content (AvgIpc) is 2.79. The molecule has 2 atom stereocenters. The second-order valence-electron chi connectivity index (χ2n) is 5.02. The zero-order chi connectivity index (χ0) is 13.0. The topological polar surface area (TPSA) is 32.7 Å². The number of hydrogen-bond acceptors (Lipinski definition) is 3. The predicted octanol–water partition coefficient (Wildman–Crippen LogP) is 2.39. The Morgan fingerprint density at radius 3 is 2.72 bits per heavy atom. The van der Waals surface area contributed by atoms with E-state index >= 15 is 0 Å². The van der Waals surface area contributed by atoms with Crippen LogP contribution in [0.4, 0.5) is 0 Å². The Kier molecular flexibility index (Phi) is 5.03. The largest absolute Gasteiger partial charge is 0.493 e. The standard InChI is InChI=1S/C14H20BrNO2/c1-16-7-6-11(8-16)12(9-17)10-18-14-4-2-13(15)3-5-14/h2-5,11-12,17H,6-10H2,1H3. The number of benzene rings is 1. The van der Waals surface area contributed by atoms with Gasteiger partial charge >= 0.3 is 0 Å². The van der Waals surface area contributed by atoms with E-state index < -0.39 is 0 Å².